The fourth-order valence-electron chi connectivity index (χ4n) is 1.59. The van der Waals surface area contributed by atoms with Gasteiger partial charge in [0.05, 0.1) is 6.61 Å². The van der Waals surface area contributed by atoms with Gasteiger partial charge in [0.2, 0.25) is 0 Å². The van der Waals surface area contributed by atoms with Crippen LogP contribution in [0.1, 0.15) is 37.3 Å². The summed E-state index contributed by atoms with van der Waals surface area (Å²) in [7, 11) is 0. The Morgan fingerprint density at radius 2 is 2.14 bits per heavy atom. The highest BCUT2D eigenvalue weighted by atomic mass is 19.3. The fraction of sp³-hybridized carbons (Fsp3) is 0.615. The molecule has 0 radical (unpaired) electrons. The highest BCUT2D eigenvalue weighted by molar-refractivity contribution is 5.94. The highest BCUT2D eigenvalue weighted by Gasteiger charge is 2.21. The van der Waals surface area contributed by atoms with E-state index in [0.29, 0.717) is 12.0 Å². The molecular formula is C13H19F2N3O3. The largest absolute Gasteiger partial charge is 0.370 e. The summed E-state index contributed by atoms with van der Waals surface area (Å²) < 4.78 is 30.9. The Morgan fingerprint density at radius 1 is 1.48 bits per heavy atom. The molecular weight excluding hydrogens is 284 g/mol. The Labute approximate surface area is 121 Å². The Bertz CT molecular complexity index is 477. The molecule has 0 spiro atoms. The van der Waals surface area contributed by atoms with Gasteiger partial charge in [0, 0.05) is 12.2 Å². The third kappa shape index (κ3) is 4.89. The first-order chi connectivity index (χ1) is 9.86. The zero-order valence-electron chi connectivity index (χ0n) is 12.1. The van der Waals surface area contributed by atoms with E-state index in [1.165, 1.54) is 23.9 Å². The van der Waals surface area contributed by atoms with Gasteiger partial charge in [0.1, 0.15) is 24.1 Å². The van der Waals surface area contributed by atoms with E-state index in [-0.39, 0.29) is 12.6 Å². The number of aromatic nitrogens is 2. The first-order valence-electron chi connectivity index (χ1n) is 6.56. The second kappa shape index (κ2) is 7.82. The van der Waals surface area contributed by atoms with Gasteiger partial charge in [-0.25, -0.2) is 8.78 Å². The molecule has 21 heavy (non-hydrogen) atoms. The normalized spacial score (nSPS) is 14.2. The average Bonchev–Trinajstić information content (AvgIpc) is 2.92. The van der Waals surface area contributed by atoms with Crippen molar-refractivity contribution < 1.29 is 23.1 Å². The molecule has 118 valence electrons. The smallest absolute Gasteiger partial charge is 0.270 e. The number of hydrogen-bond acceptors (Lipinski definition) is 4. The monoisotopic (exact) mass is 303 g/mol. The third-order valence-electron chi connectivity index (χ3n) is 2.77. The first kappa shape index (κ1) is 17.2. The molecule has 1 rings (SSSR count). The Kier molecular flexibility index (Phi) is 6.41. The number of amides is 1. The number of alkyl halides is 2. The second-order valence-electron chi connectivity index (χ2n) is 4.84. The van der Waals surface area contributed by atoms with Gasteiger partial charge in [-0.05, 0) is 26.8 Å². The van der Waals surface area contributed by atoms with Gasteiger partial charge in [0.25, 0.3) is 12.3 Å². The van der Waals surface area contributed by atoms with Gasteiger partial charge in [-0.2, -0.15) is 5.10 Å². The second-order valence-corrected chi connectivity index (χ2v) is 4.84. The number of halogens is 2. The van der Waals surface area contributed by atoms with Gasteiger partial charge in [-0.3, -0.25) is 9.48 Å². The van der Waals surface area contributed by atoms with Crippen LogP contribution in [-0.2, 0) is 9.53 Å². The molecule has 1 aromatic heterocycles. The van der Waals surface area contributed by atoms with Crippen LogP contribution in [-0.4, -0.2) is 47.2 Å². The van der Waals surface area contributed by atoms with Crippen LogP contribution in [0.5, 0.6) is 0 Å². The number of carbonyl (C=O) groups excluding carboxylic acids is 2. The fourth-order valence-corrected chi connectivity index (χ4v) is 1.59. The van der Waals surface area contributed by atoms with E-state index in [1.807, 2.05) is 13.8 Å². The molecule has 0 aromatic carbocycles. The number of aldehydes is 1. The summed E-state index contributed by atoms with van der Waals surface area (Å²) in [6.45, 7) is 4.60. The Morgan fingerprint density at radius 3 is 2.67 bits per heavy atom. The molecule has 1 aromatic rings. The Balaban J connectivity index is 2.62. The summed E-state index contributed by atoms with van der Waals surface area (Å²) in [6, 6.07) is 0.500. The predicted molar refractivity (Wildman–Crippen MR) is 71.3 cm³/mol. The lowest BCUT2D eigenvalue weighted by atomic mass is 10.3. The number of nitrogens with one attached hydrogen (secondary N) is 1. The van der Waals surface area contributed by atoms with Crippen molar-refractivity contribution in [3.8, 4) is 0 Å². The van der Waals surface area contributed by atoms with Crippen molar-refractivity contribution in [3.05, 3.63) is 18.0 Å². The van der Waals surface area contributed by atoms with E-state index in [0.717, 1.165) is 0 Å². The van der Waals surface area contributed by atoms with Crippen LogP contribution < -0.4 is 5.32 Å². The number of carbonyl (C=O) groups is 2. The molecule has 2 unspecified atom stereocenters. The molecule has 6 nitrogen and oxygen atoms in total. The Hall–Kier alpha value is -1.83. The zero-order valence-corrected chi connectivity index (χ0v) is 12.1. The van der Waals surface area contributed by atoms with Crippen molar-refractivity contribution in [2.75, 3.05) is 6.61 Å². The van der Waals surface area contributed by atoms with Gasteiger partial charge in [-0.1, -0.05) is 0 Å². The van der Waals surface area contributed by atoms with Crippen LogP contribution in [0.3, 0.4) is 0 Å². The van der Waals surface area contributed by atoms with E-state index in [4.69, 9.17) is 4.74 Å². The zero-order chi connectivity index (χ0) is 16.0. The van der Waals surface area contributed by atoms with Crippen LogP contribution in [0.25, 0.3) is 0 Å². The maximum absolute atomic E-state index is 12.3. The quantitative estimate of drug-likeness (QED) is 0.737. The van der Waals surface area contributed by atoms with Crippen molar-refractivity contribution in [2.24, 2.45) is 0 Å². The highest BCUT2D eigenvalue weighted by Crippen LogP contribution is 2.08. The third-order valence-corrected chi connectivity index (χ3v) is 2.77. The van der Waals surface area contributed by atoms with Crippen LogP contribution in [0.2, 0.25) is 0 Å². The van der Waals surface area contributed by atoms with E-state index < -0.39 is 24.5 Å². The summed E-state index contributed by atoms with van der Waals surface area (Å²) in [6.07, 6.45) is -2.02. The van der Waals surface area contributed by atoms with Gasteiger partial charge in [0.15, 0.2) is 0 Å². The number of ether oxygens (including phenoxy) is 1. The minimum absolute atomic E-state index is 0.0227. The van der Waals surface area contributed by atoms with E-state index in [9.17, 15) is 18.4 Å². The standard InChI is InChI=1S/C13H19F2N3O3/c1-8(2)18-11(4-5-16-18)13(20)17-10(6-19)7-21-9(3)12(14)15/h4-6,8-10,12H,7H2,1-3H3,(H,17,20). The molecule has 1 N–H and O–H groups in total. The maximum Gasteiger partial charge on any atom is 0.270 e. The minimum Gasteiger partial charge on any atom is -0.370 e. The van der Waals surface area contributed by atoms with Crippen molar-refractivity contribution in [3.63, 3.8) is 0 Å². The molecule has 0 fully saturated rings. The molecule has 0 bridgehead atoms. The van der Waals surface area contributed by atoms with Gasteiger partial charge >= 0.3 is 0 Å². The lowest BCUT2D eigenvalue weighted by Gasteiger charge is -2.17. The summed E-state index contributed by atoms with van der Waals surface area (Å²) in [5.74, 6) is -0.508. The van der Waals surface area contributed by atoms with Crippen molar-refractivity contribution >= 4 is 12.2 Å². The molecule has 2 atom stereocenters. The molecule has 0 aliphatic heterocycles. The minimum atomic E-state index is -2.64. The molecule has 0 saturated heterocycles. The first-order valence-corrected chi connectivity index (χ1v) is 6.56. The SMILES string of the molecule is CC(OCC(C=O)NC(=O)c1ccnn1C(C)C)C(F)F. The summed E-state index contributed by atoms with van der Waals surface area (Å²) in [5.41, 5.74) is 0.291. The molecule has 8 heteroatoms. The van der Waals surface area contributed by atoms with Crippen molar-refractivity contribution in [2.45, 2.75) is 45.4 Å². The summed E-state index contributed by atoms with van der Waals surface area (Å²) in [4.78, 5) is 23.0. The molecule has 0 aliphatic carbocycles. The van der Waals surface area contributed by atoms with E-state index in [1.54, 1.807) is 0 Å². The molecule has 0 saturated carbocycles. The van der Waals surface area contributed by atoms with Gasteiger partial charge in [-0.15, -0.1) is 0 Å². The lowest BCUT2D eigenvalue weighted by Crippen LogP contribution is -2.41. The molecule has 1 amide bonds. The van der Waals surface area contributed by atoms with E-state index >= 15 is 0 Å². The van der Waals surface area contributed by atoms with E-state index in [2.05, 4.69) is 10.4 Å². The van der Waals surface area contributed by atoms with Crippen molar-refractivity contribution in [1.82, 2.24) is 15.1 Å². The van der Waals surface area contributed by atoms with Crippen LogP contribution >= 0.6 is 0 Å². The van der Waals surface area contributed by atoms with Crippen LogP contribution in [0.4, 0.5) is 8.78 Å². The van der Waals surface area contributed by atoms with Crippen LogP contribution in [0, 0.1) is 0 Å². The molecule has 0 aliphatic rings. The summed E-state index contributed by atoms with van der Waals surface area (Å²) in [5, 5.41) is 6.43. The average molecular weight is 303 g/mol. The number of hydrogen-bond donors (Lipinski definition) is 1. The maximum atomic E-state index is 12.3. The lowest BCUT2D eigenvalue weighted by molar-refractivity contribution is -0.113. The molecule has 1 heterocycles. The number of rotatable bonds is 8. The van der Waals surface area contributed by atoms with Gasteiger partial charge < -0.3 is 14.8 Å². The topological polar surface area (TPSA) is 73.2 Å². The van der Waals surface area contributed by atoms with Crippen LogP contribution in [0.15, 0.2) is 12.3 Å². The number of nitrogens with zero attached hydrogens (tertiary/aromatic N) is 2. The van der Waals surface area contributed by atoms with Crippen molar-refractivity contribution in [1.29, 1.82) is 0 Å². The summed E-state index contributed by atoms with van der Waals surface area (Å²) >= 11 is 0. The predicted octanol–water partition coefficient (Wildman–Crippen LogP) is 1.43.